The number of rotatable bonds is 3. The zero-order valence-electron chi connectivity index (χ0n) is 8.38. The highest BCUT2D eigenvalue weighted by Gasteiger charge is 2.59. The summed E-state index contributed by atoms with van der Waals surface area (Å²) in [4.78, 5) is -0.278. The van der Waals surface area contributed by atoms with Crippen molar-refractivity contribution in [3.05, 3.63) is 21.3 Å². The quantitative estimate of drug-likeness (QED) is 0.889. The van der Waals surface area contributed by atoms with E-state index >= 15 is 0 Å². The summed E-state index contributed by atoms with van der Waals surface area (Å²) in [5, 5.41) is 9.80. The van der Waals surface area contributed by atoms with Crippen LogP contribution in [-0.2, 0) is 5.60 Å². The fourth-order valence-corrected chi connectivity index (χ4v) is 2.56. The molecule has 0 saturated carbocycles. The van der Waals surface area contributed by atoms with Gasteiger partial charge in [0, 0.05) is 10.9 Å². The number of nitrogens with two attached hydrogens (primary N) is 1. The lowest BCUT2D eigenvalue weighted by atomic mass is 9.90. The van der Waals surface area contributed by atoms with E-state index in [4.69, 9.17) is 17.3 Å². The second-order valence-electron chi connectivity index (χ2n) is 3.38. The maximum atomic E-state index is 12.9. The lowest BCUT2D eigenvalue weighted by Gasteiger charge is -2.34. The van der Waals surface area contributed by atoms with Crippen LogP contribution < -0.4 is 5.73 Å². The van der Waals surface area contributed by atoms with Crippen molar-refractivity contribution in [2.75, 3.05) is 0 Å². The van der Waals surface area contributed by atoms with Gasteiger partial charge in [-0.2, -0.15) is 13.2 Å². The van der Waals surface area contributed by atoms with Crippen LogP contribution >= 0.6 is 22.9 Å². The van der Waals surface area contributed by atoms with Gasteiger partial charge in [0.2, 0.25) is 5.60 Å². The van der Waals surface area contributed by atoms with E-state index in [1.807, 2.05) is 0 Å². The van der Waals surface area contributed by atoms with Crippen molar-refractivity contribution in [3.63, 3.8) is 0 Å². The fraction of sp³-hybridized carbons (Fsp3) is 0.556. The van der Waals surface area contributed by atoms with Gasteiger partial charge in [0.15, 0.2) is 0 Å². The molecular formula is C9H11ClF3NOS. The first-order valence-electron chi connectivity index (χ1n) is 4.54. The standard InChI is InChI=1S/C9H11ClF3NOS/c1-2-5(14)8(15,9(11,12)13)6-3-4-7(10)16-6/h3-5,15H,2,14H2,1H3. The van der Waals surface area contributed by atoms with Gasteiger partial charge in [-0.1, -0.05) is 18.5 Å². The van der Waals surface area contributed by atoms with Crippen LogP contribution in [0.3, 0.4) is 0 Å². The molecule has 2 unspecified atom stereocenters. The third-order valence-electron chi connectivity index (χ3n) is 2.36. The van der Waals surface area contributed by atoms with Crippen LogP contribution in [0.2, 0.25) is 4.34 Å². The first kappa shape index (κ1) is 13.8. The van der Waals surface area contributed by atoms with Crippen LogP contribution in [0.25, 0.3) is 0 Å². The summed E-state index contributed by atoms with van der Waals surface area (Å²) in [7, 11) is 0. The molecule has 1 aromatic heterocycles. The number of hydrogen-bond acceptors (Lipinski definition) is 3. The largest absolute Gasteiger partial charge is 0.423 e. The normalized spacial score (nSPS) is 18.2. The third-order valence-corrected chi connectivity index (χ3v) is 3.71. The molecule has 7 heteroatoms. The first-order valence-corrected chi connectivity index (χ1v) is 5.73. The summed E-state index contributed by atoms with van der Waals surface area (Å²) in [6, 6.07) is 1.04. The van der Waals surface area contributed by atoms with Gasteiger partial charge in [-0.25, -0.2) is 0 Å². The number of halogens is 4. The van der Waals surface area contributed by atoms with Gasteiger partial charge >= 0.3 is 6.18 Å². The molecule has 1 heterocycles. The van der Waals surface area contributed by atoms with Crippen molar-refractivity contribution in [1.29, 1.82) is 0 Å². The molecule has 2 nitrogen and oxygen atoms in total. The van der Waals surface area contributed by atoms with E-state index in [1.54, 1.807) is 0 Å². The first-order chi connectivity index (χ1) is 7.23. The highest BCUT2D eigenvalue weighted by molar-refractivity contribution is 7.16. The van der Waals surface area contributed by atoms with Gasteiger partial charge in [-0.05, 0) is 18.6 Å². The third kappa shape index (κ3) is 2.20. The second kappa shape index (κ2) is 4.52. The molecule has 0 aliphatic carbocycles. The van der Waals surface area contributed by atoms with Crippen molar-refractivity contribution in [3.8, 4) is 0 Å². The molecular weight excluding hydrogens is 263 g/mol. The Hall–Kier alpha value is -0.300. The Morgan fingerprint density at radius 3 is 2.38 bits per heavy atom. The lowest BCUT2D eigenvalue weighted by Crippen LogP contribution is -2.54. The summed E-state index contributed by atoms with van der Waals surface area (Å²) in [6.45, 7) is 1.48. The van der Waals surface area contributed by atoms with Gasteiger partial charge in [0.25, 0.3) is 0 Å². The highest BCUT2D eigenvalue weighted by Crippen LogP contribution is 2.45. The van der Waals surface area contributed by atoms with E-state index in [0.29, 0.717) is 11.3 Å². The highest BCUT2D eigenvalue weighted by atomic mass is 35.5. The van der Waals surface area contributed by atoms with Crippen LogP contribution in [0.5, 0.6) is 0 Å². The molecule has 0 fully saturated rings. The van der Waals surface area contributed by atoms with Crippen molar-refractivity contribution in [1.82, 2.24) is 0 Å². The van der Waals surface area contributed by atoms with Gasteiger partial charge in [-0.3, -0.25) is 0 Å². The van der Waals surface area contributed by atoms with Gasteiger partial charge < -0.3 is 10.8 Å². The minimum Gasteiger partial charge on any atom is -0.375 e. The van der Waals surface area contributed by atoms with E-state index in [2.05, 4.69) is 0 Å². The van der Waals surface area contributed by atoms with Crippen LogP contribution in [0.4, 0.5) is 13.2 Å². The maximum Gasteiger partial charge on any atom is 0.423 e. The van der Waals surface area contributed by atoms with E-state index in [0.717, 1.165) is 6.07 Å². The van der Waals surface area contributed by atoms with Gasteiger partial charge in [-0.15, -0.1) is 11.3 Å². The zero-order valence-corrected chi connectivity index (χ0v) is 9.96. The minimum absolute atomic E-state index is 0.00549. The molecule has 0 radical (unpaired) electrons. The van der Waals surface area contributed by atoms with Crippen molar-refractivity contribution in [2.24, 2.45) is 5.73 Å². The fourth-order valence-electron chi connectivity index (χ4n) is 1.35. The molecule has 3 N–H and O–H groups in total. The molecule has 0 aliphatic rings. The van der Waals surface area contributed by atoms with Crippen LogP contribution in [0.15, 0.2) is 12.1 Å². The molecule has 0 aromatic carbocycles. The van der Waals surface area contributed by atoms with Crippen molar-refractivity contribution >= 4 is 22.9 Å². The molecule has 0 aliphatic heterocycles. The zero-order chi connectivity index (χ0) is 12.6. The number of hydrogen-bond donors (Lipinski definition) is 2. The lowest BCUT2D eigenvalue weighted by molar-refractivity contribution is -0.273. The smallest absolute Gasteiger partial charge is 0.375 e. The molecule has 2 atom stereocenters. The number of aliphatic hydroxyl groups is 1. The molecule has 0 spiro atoms. The number of alkyl halides is 3. The minimum atomic E-state index is -4.82. The predicted molar refractivity (Wildman–Crippen MR) is 57.5 cm³/mol. The molecule has 0 bridgehead atoms. The number of thiophene rings is 1. The topological polar surface area (TPSA) is 46.2 Å². The Labute approximate surface area is 99.8 Å². The Balaban J connectivity index is 3.25. The molecule has 1 rings (SSSR count). The summed E-state index contributed by atoms with van der Waals surface area (Å²) in [6.07, 6.45) is -4.82. The van der Waals surface area contributed by atoms with E-state index in [-0.39, 0.29) is 15.6 Å². The second-order valence-corrected chi connectivity index (χ2v) is 5.10. The Bertz CT molecular complexity index is 368. The van der Waals surface area contributed by atoms with Crippen LogP contribution in [0.1, 0.15) is 18.2 Å². The summed E-state index contributed by atoms with van der Waals surface area (Å²) < 4.78 is 38.8. The summed E-state index contributed by atoms with van der Waals surface area (Å²) in [5.41, 5.74) is 2.34. The van der Waals surface area contributed by atoms with Crippen molar-refractivity contribution in [2.45, 2.75) is 31.2 Å². The van der Waals surface area contributed by atoms with Gasteiger partial charge in [0.1, 0.15) is 0 Å². The predicted octanol–water partition coefficient (Wildman–Crippen LogP) is 2.89. The molecule has 1 aromatic rings. The molecule has 16 heavy (non-hydrogen) atoms. The SMILES string of the molecule is CCC(N)C(O)(c1ccc(Cl)s1)C(F)(F)F. The molecule has 92 valence electrons. The van der Waals surface area contributed by atoms with E-state index in [1.165, 1.54) is 13.0 Å². The van der Waals surface area contributed by atoms with Crippen LogP contribution in [-0.4, -0.2) is 17.3 Å². The van der Waals surface area contributed by atoms with E-state index < -0.39 is 17.8 Å². The van der Waals surface area contributed by atoms with Crippen molar-refractivity contribution < 1.29 is 18.3 Å². The average molecular weight is 274 g/mol. The monoisotopic (exact) mass is 273 g/mol. The maximum absolute atomic E-state index is 12.9. The Morgan fingerprint density at radius 2 is 2.06 bits per heavy atom. The Morgan fingerprint density at radius 1 is 1.50 bits per heavy atom. The Kier molecular flexibility index (Phi) is 3.89. The molecule has 0 saturated heterocycles. The average Bonchev–Trinajstić information content (AvgIpc) is 2.60. The summed E-state index contributed by atoms with van der Waals surface area (Å²) >= 11 is 6.24. The summed E-state index contributed by atoms with van der Waals surface area (Å²) in [5.74, 6) is 0. The van der Waals surface area contributed by atoms with Crippen LogP contribution in [0, 0.1) is 0 Å². The van der Waals surface area contributed by atoms with E-state index in [9.17, 15) is 18.3 Å². The van der Waals surface area contributed by atoms with Gasteiger partial charge in [0.05, 0.1) is 4.34 Å². The molecule has 0 amide bonds.